The van der Waals surface area contributed by atoms with Crippen LogP contribution in [-0.2, 0) is 19.9 Å². The predicted octanol–water partition coefficient (Wildman–Crippen LogP) is 4.37. The van der Waals surface area contributed by atoms with Gasteiger partial charge in [0.05, 0.1) is 16.4 Å². The van der Waals surface area contributed by atoms with Crippen molar-refractivity contribution < 1.29 is 0 Å². The van der Waals surface area contributed by atoms with Crippen molar-refractivity contribution in [3.63, 3.8) is 0 Å². The molecule has 0 saturated heterocycles. The second-order valence-corrected chi connectivity index (χ2v) is 7.55. The van der Waals surface area contributed by atoms with Crippen molar-refractivity contribution in [3.8, 4) is 0 Å². The van der Waals surface area contributed by atoms with Crippen LogP contribution in [0.3, 0.4) is 0 Å². The molecule has 1 heterocycles. The van der Waals surface area contributed by atoms with Crippen LogP contribution in [0, 0.1) is 5.41 Å². The van der Waals surface area contributed by atoms with Crippen LogP contribution < -0.4 is 5.32 Å². The highest BCUT2D eigenvalue weighted by Crippen LogP contribution is 2.34. The molecule has 122 valence electrons. The van der Waals surface area contributed by atoms with Crippen molar-refractivity contribution in [3.05, 3.63) is 16.4 Å². The molecule has 0 aliphatic rings. The van der Waals surface area contributed by atoms with Crippen molar-refractivity contribution in [1.82, 2.24) is 15.1 Å². The van der Waals surface area contributed by atoms with Crippen molar-refractivity contribution in [2.75, 3.05) is 6.54 Å². The summed E-state index contributed by atoms with van der Waals surface area (Å²) < 4.78 is 1.97. The van der Waals surface area contributed by atoms with Gasteiger partial charge in [0.2, 0.25) is 0 Å². The Labute approximate surface area is 135 Å². The second-order valence-electron chi connectivity index (χ2n) is 7.17. The first-order valence-corrected chi connectivity index (χ1v) is 8.51. The molecule has 0 atom stereocenters. The molecule has 0 unspecified atom stereocenters. The molecule has 0 spiro atoms. The molecule has 0 fully saturated rings. The monoisotopic (exact) mass is 313 g/mol. The van der Waals surface area contributed by atoms with Gasteiger partial charge in [-0.05, 0) is 51.9 Å². The van der Waals surface area contributed by atoms with E-state index in [1.807, 2.05) is 11.7 Å². The average Bonchev–Trinajstić information content (AvgIpc) is 2.69. The Bertz CT molecular complexity index is 453. The summed E-state index contributed by atoms with van der Waals surface area (Å²) in [5.74, 6) is 0. The number of aromatic nitrogens is 2. The molecular formula is C17H32ClN3. The smallest absolute Gasteiger partial charge is 0.0849 e. The number of hydrogen-bond donors (Lipinski definition) is 1. The van der Waals surface area contributed by atoms with E-state index in [1.165, 1.54) is 5.69 Å². The van der Waals surface area contributed by atoms with Crippen LogP contribution in [0.4, 0.5) is 0 Å². The standard InChI is InChI=1S/C17H32ClN3/c1-8-13-15(18)14(21(7)20-13)11-17(9-2,10-3)12-19-16(4,5)6/h19H,8-12H2,1-7H3. The van der Waals surface area contributed by atoms with Gasteiger partial charge >= 0.3 is 0 Å². The van der Waals surface area contributed by atoms with Gasteiger partial charge in [-0.15, -0.1) is 0 Å². The Kier molecular flexibility index (Phi) is 6.30. The molecule has 1 aromatic rings. The number of nitrogens with zero attached hydrogens (tertiary/aromatic N) is 2. The lowest BCUT2D eigenvalue weighted by molar-refractivity contribution is 0.216. The van der Waals surface area contributed by atoms with Crippen molar-refractivity contribution >= 4 is 11.6 Å². The minimum absolute atomic E-state index is 0.139. The van der Waals surface area contributed by atoms with E-state index in [0.717, 1.165) is 42.9 Å². The summed E-state index contributed by atoms with van der Waals surface area (Å²) in [6.07, 6.45) is 4.13. The van der Waals surface area contributed by atoms with E-state index in [1.54, 1.807) is 0 Å². The lowest BCUT2D eigenvalue weighted by atomic mass is 9.77. The van der Waals surface area contributed by atoms with Crippen molar-refractivity contribution in [1.29, 1.82) is 0 Å². The minimum atomic E-state index is 0.139. The Morgan fingerprint density at radius 1 is 1.14 bits per heavy atom. The third-order valence-electron chi connectivity index (χ3n) is 4.54. The van der Waals surface area contributed by atoms with Crippen LogP contribution in [0.1, 0.15) is 65.8 Å². The Morgan fingerprint density at radius 3 is 2.10 bits per heavy atom. The van der Waals surface area contributed by atoms with Crippen LogP contribution in [-0.4, -0.2) is 21.9 Å². The first kappa shape index (κ1) is 18.5. The zero-order valence-electron chi connectivity index (χ0n) is 14.8. The Hall–Kier alpha value is -0.540. The zero-order chi connectivity index (χ0) is 16.3. The van der Waals surface area contributed by atoms with Crippen LogP contribution in [0.25, 0.3) is 0 Å². The van der Waals surface area contributed by atoms with Gasteiger partial charge in [-0.25, -0.2) is 0 Å². The van der Waals surface area contributed by atoms with Gasteiger partial charge in [0, 0.05) is 19.1 Å². The molecule has 1 N–H and O–H groups in total. The van der Waals surface area contributed by atoms with E-state index < -0.39 is 0 Å². The third-order valence-corrected chi connectivity index (χ3v) is 4.98. The summed E-state index contributed by atoms with van der Waals surface area (Å²) in [6.45, 7) is 14.3. The molecule has 0 saturated carbocycles. The molecule has 1 rings (SSSR count). The van der Waals surface area contributed by atoms with E-state index in [9.17, 15) is 0 Å². The summed E-state index contributed by atoms with van der Waals surface area (Å²) in [5.41, 5.74) is 2.56. The van der Waals surface area contributed by atoms with Gasteiger partial charge in [-0.1, -0.05) is 32.4 Å². The topological polar surface area (TPSA) is 29.9 Å². The van der Waals surface area contributed by atoms with Gasteiger partial charge in [0.15, 0.2) is 0 Å². The second kappa shape index (κ2) is 7.15. The maximum Gasteiger partial charge on any atom is 0.0849 e. The quantitative estimate of drug-likeness (QED) is 0.810. The molecule has 21 heavy (non-hydrogen) atoms. The summed E-state index contributed by atoms with van der Waals surface area (Å²) >= 11 is 6.54. The van der Waals surface area contributed by atoms with E-state index in [-0.39, 0.29) is 11.0 Å². The fraction of sp³-hybridized carbons (Fsp3) is 0.824. The lowest BCUT2D eigenvalue weighted by Crippen LogP contribution is -2.44. The number of nitrogens with one attached hydrogen (secondary N) is 1. The van der Waals surface area contributed by atoms with Gasteiger partial charge in [-0.3, -0.25) is 4.68 Å². The van der Waals surface area contributed by atoms with Crippen LogP contribution in [0.5, 0.6) is 0 Å². The van der Waals surface area contributed by atoms with Crippen LogP contribution >= 0.6 is 11.6 Å². The van der Waals surface area contributed by atoms with Gasteiger partial charge in [-0.2, -0.15) is 5.10 Å². The molecule has 1 aromatic heterocycles. The van der Waals surface area contributed by atoms with Crippen LogP contribution in [0.2, 0.25) is 5.02 Å². The molecule has 4 heteroatoms. The van der Waals surface area contributed by atoms with E-state index >= 15 is 0 Å². The molecule has 0 radical (unpaired) electrons. The summed E-state index contributed by atoms with van der Waals surface area (Å²) in [7, 11) is 2.01. The number of halogens is 1. The highest BCUT2D eigenvalue weighted by atomic mass is 35.5. The molecule has 0 amide bonds. The number of aryl methyl sites for hydroxylation is 2. The maximum absolute atomic E-state index is 6.54. The third kappa shape index (κ3) is 4.72. The molecule has 0 aromatic carbocycles. The Morgan fingerprint density at radius 2 is 1.71 bits per heavy atom. The van der Waals surface area contributed by atoms with Crippen molar-refractivity contribution in [2.45, 2.75) is 72.8 Å². The van der Waals surface area contributed by atoms with E-state index in [4.69, 9.17) is 11.6 Å². The predicted molar refractivity (Wildman–Crippen MR) is 92.1 cm³/mol. The molecule has 3 nitrogen and oxygen atoms in total. The fourth-order valence-electron chi connectivity index (χ4n) is 2.63. The maximum atomic E-state index is 6.54. The van der Waals surface area contributed by atoms with E-state index in [0.29, 0.717) is 0 Å². The van der Waals surface area contributed by atoms with Crippen molar-refractivity contribution in [2.24, 2.45) is 12.5 Å². The lowest BCUT2D eigenvalue weighted by Gasteiger charge is -2.35. The van der Waals surface area contributed by atoms with Gasteiger partial charge in [0.25, 0.3) is 0 Å². The number of rotatable bonds is 7. The Balaban J connectivity index is 3.00. The van der Waals surface area contributed by atoms with Gasteiger partial charge < -0.3 is 5.32 Å². The summed E-state index contributed by atoms with van der Waals surface area (Å²) in [6, 6.07) is 0. The summed E-state index contributed by atoms with van der Waals surface area (Å²) in [5, 5.41) is 9.09. The van der Waals surface area contributed by atoms with Gasteiger partial charge in [0.1, 0.15) is 0 Å². The minimum Gasteiger partial charge on any atom is -0.312 e. The first-order chi connectivity index (χ1) is 9.68. The molecule has 0 aliphatic heterocycles. The average molecular weight is 314 g/mol. The highest BCUT2D eigenvalue weighted by molar-refractivity contribution is 6.31. The SMILES string of the molecule is CCc1nn(C)c(CC(CC)(CC)CNC(C)(C)C)c1Cl. The van der Waals surface area contributed by atoms with Crippen LogP contribution in [0.15, 0.2) is 0 Å². The zero-order valence-corrected chi connectivity index (χ0v) is 15.6. The van der Waals surface area contributed by atoms with E-state index in [2.05, 4.69) is 52.0 Å². The molecule has 0 bridgehead atoms. The summed E-state index contributed by atoms with van der Waals surface area (Å²) in [4.78, 5) is 0. The molecule has 0 aliphatic carbocycles. The number of hydrogen-bond acceptors (Lipinski definition) is 2. The first-order valence-electron chi connectivity index (χ1n) is 8.13. The highest BCUT2D eigenvalue weighted by Gasteiger charge is 2.31. The largest absolute Gasteiger partial charge is 0.312 e. The molecular weight excluding hydrogens is 282 g/mol. The fourth-order valence-corrected chi connectivity index (χ4v) is 2.99. The normalized spacial score (nSPS) is 13.0.